The monoisotopic (exact) mass is 458 g/mol. The van der Waals surface area contributed by atoms with Crippen molar-refractivity contribution >= 4 is 17.4 Å². The van der Waals surface area contributed by atoms with E-state index in [1.807, 2.05) is 6.08 Å². The maximum atomic E-state index is 6.09. The van der Waals surface area contributed by atoms with Crippen molar-refractivity contribution in [2.45, 2.75) is 85.1 Å². The van der Waals surface area contributed by atoms with E-state index in [1.54, 1.807) is 0 Å². The zero-order valence-electron chi connectivity index (χ0n) is 21.5. The van der Waals surface area contributed by atoms with Gasteiger partial charge in [0.1, 0.15) is 5.75 Å². The standard InChI is InChI=1S/C28H46N2OS/c1-8-17-30(7)18-11-9-10-12-19-31-27-16-15-26(20-25(27)5)28(6,29-22-32)21-24(4)14-13-23(2)3/h8,15-16,20,23-24H,1,9-14,17-19,21H2,2-7H3. The molecule has 32 heavy (non-hydrogen) atoms. The summed E-state index contributed by atoms with van der Waals surface area (Å²) in [4.78, 5) is 6.91. The van der Waals surface area contributed by atoms with E-state index in [2.05, 4.69) is 81.5 Å². The van der Waals surface area contributed by atoms with Gasteiger partial charge in [0.15, 0.2) is 0 Å². The molecule has 0 aliphatic carbocycles. The molecule has 4 heteroatoms. The van der Waals surface area contributed by atoms with Crippen molar-refractivity contribution in [3.63, 3.8) is 0 Å². The average molecular weight is 459 g/mol. The largest absolute Gasteiger partial charge is 0.493 e. The number of benzene rings is 1. The van der Waals surface area contributed by atoms with Gasteiger partial charge in [-0.3, -0.25) is 0 Å². The molecule has 2 atom stereocenters. The van der Waals surface area contributed by atoms with Crippen molar-refractivity contribution in [3.8, 4) is 5.75 Å². The fraction of sp³-hybridized carbons (Fsp3) is 0.679. The van der Waals surface area contributed by atoms with Crippen LogP contribution in [0.3, 0.4) is 0 Å². The smallest absolute Gasteiger partial charge is 0.122 e. The third-order valence-corrected chi connectivity index (χ3v) is 6.30. The normalized spacial score (nSPS) is 14.1. The van der Waals surface area contributed by atoms with Crippen LogP contribution in [0, 0.1) is 18.8 Å². The number of rotatable bonds is 17. The van der Waals surface area contributed by atoms with Crippen LogP contribution in [-0.2, 0) is 5.54 Å². The zero-order valence-corrected chi connectivity index (χ0v) is 22.3. The maximum absolute atomic E-state index is 6.09. The molecule has 2 unspecified atom stereocenters. The second-order valence-electron chi connectivity index (χ2n) is 10.1. The number of isothiocyanates is 1. The molecule has 0 aliphatic heterocycles. The molecule has 0 saturated heterocycles. The van der Waals surface area contributed by atoms with Crippen molar-refractivity contribution < 1.29 is 4.74 Å². The molecule has 0 aromatic heterocycles. The minimum Gasteiger partial charge on any atom is -0.493 e. The predicted molar refractivity (Wildman–Crippen MR) is 143 cm³/mol. The Morgan fingerprint density at radius 3 is 2.53 bits per heavy atom. The number of unbranched alkanes of at least 4 members (excludes halogenated alkanes) is 3. The van der Waals surface area contributed by atoms with E-state index < -0.39 is 0 Å². The Kier molecular flexibility index (Phi) is 13.7. The third-order valence-electron chi connectivity index (χ3n) is 6.20. The molecule has 1 aromatic rings. The summed E-state index contributed by atoms with van der Waals surface area (Å²) >= 11 is 5.00. The van der Waals surface area contributed by atoms with Gasteiger partial charge >= 0.3 is 0 Å². The molecule has 0 radical (unpaired) electrons. The van der Waals surface area contributed by atoms with Gasteiger partial charge in [-0.2, -0.15) is 0 Å². The van der Waals surface area contributed by atoms with Crippen molar-refractivity contribution in [2.24, 2.45) is 16.8 Å². The zero-order chi connectivity index (χ0) is 24.0. The van der Waals surface area contributed by atoms with E-state index in [0.29, 0.717) is 5.92 Å². The summed E-state index contributed by atoms with van der Waals surface area (Å²) in [6, 6.07) is 6.48. The second kappa shape index (κ2) is 15.4. The summed E-state index contributed by atoms with van der Waals surface area (Å²) < 4.78 is 6.09. The van der Waals surface area contributed by atoms with Gasteiger partial charge in [-0.15, -0.1) is 6.58 Å². The molecule has 0 heterocycles. The van der Waals surface area contributed by atoms with Crippen LogP contribution < -0.4 is 4.74 Å². The molecule has 0 saturated carbocycles. The summed E-state index contributed by atoms with van der Waals surface area (Å²) in [5.41, 5.74) is 2.02. The summed E-state index contributed by atoms with van der Waals surface area (Å²) in [7, 11) is 2.15. The van der Waals surface area contributed by atoms with E-state index in [-0.39, 0.29) is 5.54 Å². The molecule has 0 bridgehead atoms. The molecule has 1 rings (SSSR count). The minimum atomic E-state index is -0.333. The van der Waals surface area contributed by atoms with E-state index in [1.165, 1.54) is 37.7 Å². The highest BCUT2D eigenvalue weighted by molar-refractivity contribution is 7.78. The number of ether oxygens (including phenoxy) is 1. The molecule has 0 aliphatic rings. The summed E-state index contributed by atoms with van der Waals surface area (Å²) in [5, 5.41) is 2.65. The highest BCUT2D eigenvalue weighted by Gasteiger charge is 2.28. The molecule has 3 nitrogen and oxygen atoms in total. The first-order valence-corrected chi connectivity index (χ1v) is 12.7. The number of hydrogen-bond acceptors (Lipinski definition) is 4. The van der Waals surface area contributed by atoms with Crippen molar-refractivity contribution in [3.05, 3.63) is 42.0 Å². The third kappa shape index (κ3) is 10.9. The Morgan fingerprint density at radius 1 is 1.19 bits per heavy atom. The average Bonchev–Trinajstić information content (AvgIpc) is 2.72. The molecule has 0 spiro atoms. The molecule has 1 aromatic carbocycles. The predicted octanol–water partition coefficient (Wildman–Crippen LogP) is 7.83. The Labute approximate surface area is 203 Å². The number of aryl methyl sites for hydroxylation is 1. The van der Waals surface area contributed by atoms with Gasteiger partial charge in [0.05, 0.1) is 17.3 Å². The van der Waals surface area contributed by atoms with E-state index >= 15 is 0 Å². The van der Waals surface area contributed by atoms with Crippen LogP contribution in [0.25, 0.3) is 0 Å². The molecule has 0 N–H and O–H groups in total. The lowest BCUT2D eigenvalue weighted by Gasteiger charge is -2.29. The summed E-state index contributed by atoms with van der Waals surface area (Å²) in [6.07, 6.45) is 10.2. The molecule has 180 valence electrons. The first kappa shape index (κ1) is 28.6. The lowest BCUT2D eigenvalue weighted by Crippen LogP contribution is -2.23. The number of likely N-dealkylation sites (N-methyl/N-ethyl adjacent to an activating group) is 1. The van der Waals surface area contributed by atoms with Gasteiger partial charge in [0, 0.05) is 6.54 Å². The first-order chi connectivity index (χ1) is 15.2. The van der Waals surface area contributed by atoms with Crippen LogP contribution in [-0.4, -0.2) is 36.8 Å². The second-order valence-corrected chi connectivity index (χ2v) is 10.2. The summed E-state index contributed by atoms with van der Waals surface area (Å²) in [5.74, 6) is 2.29. The van der Waals surface area contributed by atoms with Crippen molar-refractivity contribution in [1.29, 1.82) is 0 Å². The number of nitrogens with zero attached hydrogens (tertiary/aromatic N) is 2. The van der Waals surface area contributed by atoms with Gasteiger partial charge < -0.3 is 9.64 Å². The summed E-state index contributed by atoms with van der Waals surface area (Å²) in [6.45, 7) is 17.8. The molecule has 0 amide bonds. The van der Waals surface area contributed by atoms with E-state index in [4.69, 9.17) is 17.0 Å². The fourth-order valence-electron chi connectivity index (χ4n) is 4.20. The quantitative estimate of drug-likeness (QED) is 0.103. The Balaban J connectivity index is 2.58. The van der Waals surface area contributed by atoms with Gasteiger partial charge in [-0.05, 0) is 94.0 Å². The molecular weight excluding hydrogens is 412 g/mol. The Bertz CT molecular complexity index is 726. The van der Waals surface area contributed by atoms with Crippen LogP contribution in [0.4, 0.5) is 0 Å². The fourth-order valence-corrected chi connectivity index (χ4v) is 4.41. The van der Waals surface area contributed by atoms with E-state index in [0.717, 1.165) is 49.8 Å². The molecule has 0 fully saturated rings. The number of aliphatic imine (C=N–C) groups is 1. The van der Waals surface area contributed by atoms with Crippen LogP contribution in [0.15, 0.2) is 35.8 Å². The van der Waals surface area contributed by atoms with Crippen molar-refractivity contribution in [2.75, 3.05) is 26.7 Å². The SMILES string of the molecule is C=CCN(C)CCCCCCOc1ccc(C(C)(CC(C)CCC(C)C)N=C=S)cc1C. The number of hydrogen-bond donors (Lipinski definition) is 0. The lowest BCUT2D eigenvalue weighted by molar-refractivity contribution is 0.298. The minimum absolute atomic E-state index is 0.333. The van der Waals surface area contributed by atoms with Gasteiger partial charge in [0.25, 0.3) is 0 Å². The lowest BCUT2D eigenvalue weighted by atomic mass is 9.81. The highest BCUT2D eigenvalue weighted by atomic mass is 32.1. The highest BCUT2D eigenvalue weighted by Crippen LogP contribution is 2.36. The van der Waals surface area contributed by atoms with Crippen LogP contribution >= 0.6 is 12.2 Å². The van der Waals surface area contributed by atoms with E-state index in [9.17, 15) is 0 Å². The van der Waals surface area contributed by atoms with Crippen LogP contribution in [0.1, 0.15) is 83.8 Å². The maximum Gasteiger partial charge on any atom is 0.122 e. The Hall–Kier alpha value is -1.48. The van der Waals surface area contributed by atoms with Gasteiger partial charge in [-0.25, -0.2) is 4.99 Å². The van der Waals surface area contributed by atoms with Crippen LogP contribution in [0.2, 0.25) is 0 Å². The van der Waals surface area contributed by atoms with Gasteiger partial charge in [0.2, 0.25) is 0 Å². The topological polar surface area (TPSA) is 24.8 Å². The van der Waals surface area contributed by atoms with Crippen LogP contribution in [0.5, 0.6) is 5.75 Å². The number of thiocarbonyl (C=S) groups is 1. The van der Waals surface area contributed by atoms with Gasteiger partial charge in [-0.1, -0.05) is 58.6 Å². The first-order valence-electron chi connectivity index (χ1n) is 12.3. The molecular formula is C28H46N2OS. The Morgan fingerprint density at radius 2 is 1.91 bits per heavy atom. The van der Waals surface area contributed by atoms with Crippen molar-refractivity contribution in [1.82, 2.24) is 4.90 Å².